The zero-order valence-corrected chi connectivity index (χ0v) is 16.2. The van der Waals surface area contributed by atoms with Crippen molar-refractivity contribution in [1.82, 2.24) is 4.98 Å². The van der Waals surface area contributed by atoms with E-state index in [1.165, 1.54) is 24.8 Å². The van der Waals surface area contributed by atoms with Gasteiger partial charge in [0.25, 0.3) is 0 Å². The van der Waals surface area contributed by atoms with E-state index in [-0.39, 0.29) is 23.2 Å². The molecule has 0 unspecified atom stereocenters. The molecule has 0 aliphatic heterocycles. The van der Waals surface area contributed by atoms with Crippen molar-refractivity contribution < 1.29 is 13.5 Å². The van der Waals surface area contributed by atoms with Gasteiger partial charge in [-0.1, -0.05) is 11.6 Å². The molecule has 0 bridgehead atoms. The van der Waals surface area contributed by atoms with Gasteiger partial charge in [-0.3, -0.25) is 10.4 Å². The highest BCUT2D eigenvalue weighted by Crippen LogP contribution is 2.34. The summed E-state index contributed by atoms with van der Waals surface area (Å²) in [6.45, 7) is 3.57. The molecule has 3 rings (SSSR count). The number of hydrogen-bond acceptors (Lipinski definition) is 6. The lowest BCUT2D eigenvalue weighted by Crippen LogP contribution is -2.02. The second-order valence-corrected chi connectivity index (χ2v) is 6.90. The Morgan fingerprint density at radius 3 is 2.86 bits per heavy atom. The first-order valence-electron chi connectivity index (χ1n) is 7.86. The third-order valence-corrected chi connectivity index (χ3v) is 5.22. The van der Waals surface area contributed by atoms with Crippen LogP contribution in [0.5, 0.6) is 0 Å². The summed E-state index contributed by atoms with van der Waals surface area (Å²) < 4.78 is 32.5. The molecule has 10 heteroatoms. The van der Waals surface area contributed by atoms with Crippen LogP contribution in [-0.2, 0) is 11.3 Å². The number of aliphatic imine (C=N–C) groups is 2. The van der Waals surface area contributed by atoms with Gasteiger partial charge in [-0.25, -0.2) is 18.8 Å². The zero-order valence-electron chi connectivity index (χ0n) is 14.6. The van der Waals surface area contributed by atoms with Gasteiger partial charge in [-0.2, -0.15) is 0 Å². The van der Waals surface area contributed by atoms with Crippen LogP contribution in [0.15, 0.2) is 34.3 Å². The first kappa shape index (κ1) is 19.8. The number of rotatable bonds is 6. The monoisotopic (exact) mass is 421 g/mol. The maximum Gasteiger partial charge on any atom is 0.242 e. The third-order valence-electron chi connectivity index (χ3n) is 3.78. The van der Waals surface area contributed by atoms with Gasteiger partial charge in [-0.15, -0.1) is 11.3 Å². The number of aromatic nitrogens is 1. The minimum Gasteiger partial charge on any atom is -0.479 e. The second-order valence-electron chi connectivity index (χ2n) is 5.49. The van der Waals surface area contributed by atoms with Gasteiger partial charge in [-0.05, 0) is 24.9 Å². The molecule has 28 heavy (non-hydrogen) atoms. The standard InChI is InChI=1S/C18H14ClF2N5OS/c1-23-8-25-13-3-4-14-16(28-18(26-14)17(22)27-2)9(13)7-24-15-6-12(21)11(20)5-10(15)19/h3-6,8,22,24H,1,7H2,2H3. The predicted molar refractivity (Wildman–Crippen MR) is 110 cm³/mol. The Labute approximate surface area is 168 Å². The van der Waals surface area contributed by atoms with Crippen molar-refractivity contribution in [2.24, 2.45) is 9.98 Å². The smallest absolute Gasteiger partial charge is 0.242 e. The van der Waals surface area contributed by atoms with E-state index in [1.54, 1.807) is 12.1 Å². The summed E-state index contributed by atoms with van der Waals surface area (Å²) in [6.07, 6.45) is 1.30. The van der Waals surface area contributed by atoms with Gasteiger partial charge in [0.1, 0.15) is 6.34 Å². The number of fused-ring (bicyclic) bond motifs is 1. The number of nitrogens with zero attached hydrogens (tertiary/aromatic N) is 3. The maximum absolute atomic E-state index is 13.6. The molecule has 0 saturated carbocycles. The van der Waals surface area contributed by atoms with Gasteiger partial charge < -0.3 is 10.1 Å². The predicted octanol–water partition coefficient (Wildman–Crippen LogP) is 5.17. The first-order chi connectivity index (χ1) is 13.4. The largest absolute Gasteiger partial charge is 0.479 e. The molecule has 3 aromatic rings. The molecule has 0 aliphatic carbocycles. The van der Waals surface area contributed by atoms with Gasteiger partial charge in [0.05, 0.1) is 33.7 Å². The number of anilines is 1. The molecule has 2 N–H and O–H groups in total. The van der Waals surface area contributed by atoms with Crippen LogP contribution < -0.4 is 5.32 Å². The number of benzene rings is 2. The summed E-state index contributed by atoms with van der Waals surface area (Å²) in [7, 11) is 1.40. The van der Waals surface area contributed by atoms with Gasteiger partial charge in [0.15, 0.2) is 16.6 Å². The van der Waals surface area contributed by atoms with Crippen molar-refractivity contribution in [3.63, 3.8) is 0 Å². The van der Waals surface area contributed by atoms with Crippen LogP contribution in [0.1, 0.15) is 10.6 Å². The number of methoxy groups -OCH3 is 1. The lowest BCUT2D eigenvalue weighted by molar-refractivity contribution is 0.401. The van der Waals surface area contributed by atoms with Crippen molar-refractivity contribution in [2.45, 2.75) is 6.54 Å². The quantitative estimate of drug-likeness (QED) is 0.327. The van der Waals surface area contributed by atoms with Crippen molar-refractivity contribution >= 4 is 63.5 Å². The molecule has 0 saturated heterocycles. The summed E-state index contributed by atoms with van der Waals surface area (Å²) >= 11 is 7.26. The van der Waals surface area contributed by atoms with Crippen LogP contribution in [0.2, 0.25) is 5.02 Å². The van der Waals surface area contributed by atoms with Crippen LogP contribution in [0.25, 0.3) is 10.2 Å². The topological polar surface area (TPSA) is 82.7 Å². The zero-order chi connectivity index (χ0) is 20.3. The fourth-order valence-electron chi connectivity index (χ4n) is 2.46. The van der Waals surface area contributed by atoms with Crippen LogP contribution >= 0.6 is 22.9 Å². The van der Waals surface area contributed by atoms with E-state index < -0.39 is 11.6 Å². The molecule has 0 atom stereocenters. The second kappa shape index (κ2) is 8.41. The number of halogens is 3. The van der Waals surface area contributed by atoms with Crippen molar-refractivity contribution in [3.05, 3.63) is 51.5 Å². The van der Waals surface area contributed by atoms with Crippen molar-refractivity contribution in [2.75, 3.05) is 12.4 Å². The normalized spacial score (nSPS) is 11.1. The van der Waals surface area contributed by atoms with E-state index in [9.17, 15) is 8.78 Å². The van der Waals surface area contributed by atoms with Crippen LogP contribution in [0.4, 0.5) is 20.2 Å². The van der Waals surface area contributed by atoms with E-state index in [0.717, 1.165) is 22.4 Å². The average molecular weight is 422 g/mol. The van der Waals surface area contributed by atoms with E-state index in [4.69, 9.17) is 21.7 Å². The maximum atomic E-state index is 13.6. The Morgan fingerprint density at radius 2 is 2.14 bits per heavy atom. The lowest BCUT2D eigenvalue weighted by atomic mass is 10.1. The summed E-state index contributed by atoms with van der Waals surface area (Å²) in [5.74, 6) is -2.08. The molecule has 2 aromatic carbocycles. The average Bonchev–Trinajstić information content (AvgIpc) is 3.12. The Balaban J connectivity index is 2.04. The highest BCUT2D eigenvalue weighted by molar-refractivity contribution is 7.20. The minimum absolute atomic E-state index is 0.0510. The highest BCUT2D eigenvalue weighted by atomic mass is 35.5. The van der Waals surface area contributed by atoms with E-state index in [0.29, 0.717) is 16.2 Å². The molecule has 1 aromatic heterocycles. The summed E-state index contributed by atoms with van der Waals surface area (Å²) in [6, 6.07) is 5.41. The Bertz CT molecular complexity index is 1100. The van der Waals surface area contributed by atoms with Gasteiger partial charge in [0, 0.05) is 18.2 Å². The summed E-state index contributed by atoms with van der Waals surface area (Å²) in [5, 5.41) is 11.3. The van der Waals surface area contributed by atoms with Crippen molar-refractivity contribution in [3.8, 4) is 0 Å². The molecule has 0 fully saturated rings. The molecule has 0 radical (unpaired) electrons. The number of hydrogen-bond donors (Lipinski definition) is 2. The Morgan fingerprint density at radius 1 is 1.39 bits per heavy atom. The molecular weight excluding hydrogens is 408 g/mol. The van der Waals surface area contributed by atoms with Gasteiger partial charge in [0.2, 0.25) is 5.90 Å². The summed E-state index contributed by atoms with van der Waals surface area (Å²) in [5.41, 5.74) is 2.21. The third kappa shape index (κ3) is 4.00. The van der Waals surface area contributed by atoms with E-state index in [1.807, 2.05) is 0 Å². The van der Waals surface area contributed by atoms with Crippen molar-refractivity contribution in [1.29, 1.82) is 5.41 Å². The molecule has 144 valence electrons. The number of nitrogens with one attached hydrogen (secondary N) is 2. The van der Waals surface area contributed by atoms with E-state index in [2.05, 4.69) is 27.0 Å². The summed E-state index contributed by atoms with van der Waals surface area (Å²) in [4.78, 5) is 12.2. The molecule has 0 amide bonds. The number of thiazole rings is 1. The Hall–Kier alpha value is -2.91. The molecule has 1 heterocycles. The molecule has 0 aliphatic rings. The van der Waals surface area contributed by atoms with Crippen LogP contribution in [-0.4, -0.2) is 31.0 Å². The molecular formula is C18H14ClF2N5OS. The molecule has 0 spiro atoms. The lowest BCUT2D eigenvalue weighted by Gasteiger charge is -2.11. The van der Waals surface area contributed by atoms with Gasteiger partial charge >= 0.3 is 0 Å². The Kier molecular flexibility index (Phi) is 5.96. The fraction of sp³-hybridized carbons (Fsp3) is 0.111. The fourth-order valence-corrected chi connectivity index (χ4v) is 3.71. The first-order valence-corrected chi connectivity index (χ1v) is 9.06. The van der Waals surface area contributed by atoms with Crippen LogP contribution in [0.3, 0.4) is 0 Å². The van der Waals surface area contributed by atoms with E-state index >= 15 is 0 Å². The SMILES string of the molecule is C=NC=Nc1ccc2nc(C(=N)OC)sc2c1CNc1cc(F)c(F)cc1Cl. The number of ether oxygens (including phenoxy) is 1. The minimum atomic E-state index is -1.02. The highest BCUT2D eigenvalue weighted by Gasteiger charge is 2.16. The van der Waals surface area contributed by atoms with Crippen LogP contribution in [0, 0.1) is 17.0 Å². The molecule has 6 nitrogen and oxygen atoms in total.